The Morgan fingerprint density at radius 2 is 1.89 bits per heavy atom. The van der Waals surface area contributed by atoms with Gasteiger partial charge in [-0.3, -0.25) is 4.79 Å². The summed E-state index contributed by atoms with van der Waals surface area (Å²) >= 11 is 0. The van der Waals surface area contributed by atoms with Gasteiger partial charge in [-0.2, -0.15) is 13.2 Å². The van der Waals surface area contributed by atoms with Gasteiger partial charge in [-0.05, 0) is 24.3 Å². The summed E-state index contributed by atoms with van der Waals surface area (Å²) in [7, 11) is 0. The fraction of sp³-hybridized carbons (Fsp3) is 0.0909. The number of halogens is 3. The molecule has 0 aliphatic rings. The number of nitrogens with one attached hydrogen (secondary N) is 2. The summed E-state index contributed by atoms with van der Waals surface area (Å²) in [5.41, 5.74) is 0.294. The molecule has 1 amide bonds. The predicted molar refractivity (Wildman–Crippen MR) is 59.9 cm³/mol. The zero-order valence-electron chi connectivity index (χ0n) is 9.21. The number of hydrogen-bond acceptors (Lipinski definition) is 2. The van der Waals surface area contributed by atoms with Crippen molar-refractivity contribution in [2.75, 3.05) is 5.32 Å². The van der Waals surface area contributed by atoms with E-state index in [1.807, 2.05) is 0 Å². The number of benzene rings is 1. The third kappa shape index (κ3) is 2.67. The Morgan fingerprint density at radius 1 is 1.21 bits per heavy atom. The Kier molecular flexibility index (Phi) is 2.93. The van der Waals surface area contributed by atoms with E-state index < -0.39 is 18.1 Å². The molecular weight excluding hydrogens is 265 g/mol. The number of H-pyrrole nitrogens is 1. The number of carbonyl (C=O) groups excluding carboxylic acids is 1. The highest BCUT2D eigenvalue weighted by Gasteiger charge is 2.38. The van der Waals surface area contributed by atoms with E-state index in [0.717, 1.165) is 0 Å². The second-order valence-electron chi connectivity index (χ2n) is 3.74. The molecule has 0 aliphatic carbocycles. The average molecular weight is 272 g/mol. The SMILES string of the molecule is O=C(O)c1cc2cc(NC(=O)C(F)(F)F)ccc2[nH]1. The van der Waals surface area contributed by atoms with Gasteiger partial charge in [0.05, 0.1) is 0 Å². The summed E-state index contributed by atoms with van der Waals surface area (Å²) in [4.78, 5) is 24.0. The lowest BCUT2D eigenvalue weighted by atomic mass is 10.2. The molecule has 0 atom stereocenters. The van der Waals surface area contributed by atoms with Gasteiger partial charge in [0, 0.05) is 16.6 Å². The number of carboxylic acids is 1. The standard InChI is InChI=1S/C11H7F3N2O3/c12-11(13,14)10(19)15-6-1-2-7-5(3-6)4-8(16-7)9(17)18/h1-4,16H,(H,15,19)(H,17,18). The van der Waals surface area contributed by atoms with Gasteiger partial charge in [-0.15, -0.1) is 0 Å². The third-order valence-electron chi connectivity index (χ3n) is 2.37. The van der Waals surface area contributed by atoms with Crippen molar-refractivity contribution >= 4 is 28.5 Å². The van der Waals surface area contributed by atoms with E-state index in [4.69, 9.17) is 5.11 Å². The minimum absolute atomic E-state index is 0.0641. The number of anilines is 1. The summed E-state index contributed by atoms with van der Waals surface area (Å²) < 4.78 is 36.2. The zero-order chi connectivity index (χ0) is 14.2. The van der Waals surface area contributed by atoms with Gasteiger partial charge in [0.1, 0.15) is 5.69 Å². The van der Waals surface area contributed by atoms with Crippen LogP contribution in [0.5, 0.6) is 0 Å². The van der Waals surface area contributed by atoms with Crippen LogP contribution in [0.4, 0.5) is 18.9 Å². The molecule has 5 nitrogen and oxygen atoms in total. The first-order valence-electron chi connectivity index (χ1n) is 5.01. The minimum atomic E-state index is -4.97. The van der Waals surface area contributed by atoms with E-state index in [1.165, 1.54) is 24.3 Å². The van der Waals surface area contributed by atoms with Crippen LogP contribution >= 0.6 is 0 Å². The minimum Gasteiger partial charge on any atom is -0.477 e. The molecule has 0 unspecified atom stereocenters. The lowest BCUT2D eigenvalue weighted by molar-refractivity contribution is -0.167. The summed E-state index contributed by atoms with van der Waals surface area (Å²) in [5.74, 6) is -3.27. The topological polar surface area (TPSA) is 82.2 Å². The van der Waals surface area contributed by atoms with Gasteiger partial charge >= 0.3 is 18.1 Å². The van der Waals surface area contributed by atoms with Gasteiger partial charge in [-0.1, -0.05) is 0 Å². The molecule has 1 aromatic heterocycles. The van der Waals surface area contributed by atoms with Crippen molar-refractivity contribution < 1.29 is 27.9 Å². The highest BCUT2D eigenvalue weighted by atomic mass is 19.4. The van der Waals surface area contributed by atoms with Crippen LogP contribution in [0.2, 0.25) is 0 Å². The molecule has 19 heavy (non-hydrogen) atoms. The van der Waals surface area contributed by atoms with Crippen LogP contribution < -0.4 is 5.32 Å². The summed E-state index contributed by atoms with van der Waals surface area (Å²) in [6.07, 6.45) is -4.97. The third-order valence-corrected chi connectivity index (χ3v) is 2.37. The maximum atomic E-state index is 12.1. The number of aromatic amines is 1. The van der Waals surface area contributed by atoms with Gasteiger partial charge in [-0.25, -0.2) is 4.79 Å². The molecule has 0 saturated heterocycles. The number of fused-ring (bicyclic) bond motifs is 1. The average Bonchev–Trinajstić information content (AvgIpc) is 2.70. The molecule has 0 aliphatic heterocycles. The summed E-state index contributed by atoms with van der Waals surface area (Å²) in [5, 5.41) is 10.8. The number of carboxylic acid groups (broad SMARTS) is 1. The highest BCUT2D eigenvalue weighted by Crippen LogP contribution is 2.22. The smallest absolute Gasteiger partial charge is 0.471 e. The molecule has 0 spiro atoms. The summed E-state index contributed by atoms with van der Waals surface area (Å²) in [6.45, 7) is 0. The number of hydrogen-bond donors (Lipinski definition) is 3. The Morgan fingerprint density at radius 3 is 2.47 bits per heavy atom. The van der Waals surface area contributed by atoms with Gasteiger partial charge < -0.3 is 15.4 Å². The molecule has 0 bridgehead atoms. The van der Waals surface area contributed by atoms with E-state index in [1.54, 1.807) is 5.32 Å². The van der Waals surface area contributed by atoms with Gasteiger partial charge in [0.2, 0.25) is 0 Å². The van der Waals surface area contributed by atoms with Crippen LogP contribution in [0.15, 0.2) is 24.3 Å². The fourth-order valence-electron chi connectivity index (χ4n) is 1.53. The Balaban J connectivity index is 2.31. The van der Waals surface area contributed by atoms with Crippen molar-refractivity contribution in [2.45, 2.75) is 6.18 Å². The number of alkyl halides is 3. The van der Waals surface area contributed by atoms with Crippen LogP contribution in [-0.4, -0.2) is 28.1 Å². The van der Waals surface area contributed by atoms with Crippen molar-refractivity contribution in [3.05, 3.63) is 30.0 Å². The maximum Gasteiger partial charge on any atom is 0.471 e. The predicted octanol–water partition coefficient (Wildman–Crippen LogP) is 2.37. The molecule has 2 rings (SSSR count). The first kappa shape index (κ1) is 12.9. The molecule has 1 aromatic carbocycles. The number of amides is 1. The van der Waals surface area contributed by atoms with Crippen LogP contribution in [0, 0.1) is 0 Å². The van der Waals surface area contributed by atoms with Crippen molar-refractivity contribution in [1.29, 1.82) is 0 Å². The first-order valence-corrected chi connectivity index (χ1v) is 5.01. The van der Waals surface area contributed by atoms with Crippen LogP contribution in [0.3, 0.4) is 0 Å². The largest absolute Gasteiger partial charge is 0.477 e. The maximum absolute atomic E-state index is 12.1. The van der Waals surface area contributed by atoms with Gasteiger partial charge in [0.15, 0.2) is 0 Å². The van der Waals surface area contributed by atoms with Crippen molar-refractivity contribution in [1.82, 2.24) is 4.98 Å². The van der Waals surface area contributed by atoms with E-state index in [9.17, 15) is 22.8 Å². The lowest BCUT2D eigenvalue weighted by Crippen LogP contribution is -2.29. The van der Waals surface area contributed by atoms with E-state index in [-0.39, 0.29) is 11.4 Å². The number of carbonyl (C=O) groups is 2. The second-order valence-corrected chi connectivity index (χ2v) is 3.74. The Labute approximate surface area is 104 Å². The summed E-state index contributed by atoms with van der Waals surface area (Å²) in [6, 6.07) is 5.14. The number of aromatic carboxylic acids is 1. The fourth-order valence-corrected chi connectivity index (χ4v) is 1.53. The Bertz CT molecular complexity index is 661. The zero-order valence-corrected chi connectivity index (χ0v) is 9.21. The number of aromatic nitrogens is 1. The highest BCUT2D eigenvalue weighted by molar-refractivity contribution is 5.98. The van der Waals surface area contributed by atoms with Crippen LogP contribution in [0.1, 0.15) is 10.5 Å². The van der Waals surface area contributed by atoms with Crippen molar-refractivity contribution in [2.24, 2.45) is 0 Å². The first-order chi connectivity index (χ1) is 8.77. The van der Waals surface area contributed by atoms with E-state index in [2.05, 4.69) is 4.98 Å². The van der Waals surface area contributed by atoms with E-state index in [0.29, 0.717) is 10.9 Å². The van der Waals surface area contributed by atoms with Crippen LogP contribution in [0.25, 0.3) is 10.9 Å². The molecular formula is C11H7F3N2O3. The molecule has 0 saturated carbocycles. The Hall–Kier alpha value is -2.51. The molecule has 0 radical (unpaired) electrons. The van der Waals surface area contributed by atoms with Gasteiger partial charge in [0.25, 0.3) is 0 Å². The second kappa shape index (κ2) is 4.30. The quantitative estimate of drug-likeness (QED) is 0.784. The molecule has 8 heteroatoms. The van der Waals surface area contributed by atoms with Crippen molar-refractivity contribution in [3.63, 3.8) is 0 Å². The monoisotopic (exact) mass is 272 g/mol. The molecule has 100 valence electrons. The number of rotatable bonds is 2. The van der Waals surface area contributed by atoms with Crippen molar-refractivity contribution in [3.8, 4) is 0 Å². The van der Waals surface area contributed by atoms with Crippen LogP contribution in [-0.2, 0) is 4.79 Å². The lowest BCUT2D eigenvalue weighted by Gasteiger charge is -2.07. The van der Waals surface area contributed by atoms with E-state index >= 15 is 0 Å². The molecule has 2 aromatic rings. The molecule has 3 N–H and O–H groups in total. The molecule has 0 fully saturated rings. The normalized spacial score (nSPS) is 11.5. The molecule has 1 heterocycles.